The fraction of sp³-hybridized carbons (Fsp3) is 0.400. The Labute approximate surface area is 108 Å². The fourth-order valence-corrected chi connectivity index (χ4v) is 1.81. The summed E-state index contributed by atoms with van der Waals surface area (Å²) in [6.45, 7) is 7.01. The number of hydrogen-bond donors (Lipinski definition) is 0. The van der Waals surface area contributed by atoms with Gasteiger partial charge in [-0.05, 0) is 30.0 Å². The molecule has 18 heavy (non-hydrogen) atoms. The lowest BCUT2D eigenvalue weighted by atomic mass is 10.0. The van der Waals surface area contributed by atoms with Crippen LogP contribution in [0.1, 0.15) is 36.6 Å². The molecule has 0 atom stereocenters. The van der Waals surface area contributed by atoms with Crippen LogP contribution in [0.3, 0.4) is 0 Å². The summed E-state index contributed by atoms with van der Waals surface area (Å²) in [6.07, 6.45) is 3.62. The van der Waals surface area contributed by atoms with Gasteiger partial charge in [-0.3, -0.25) is 0 Å². The number of rotatable bonds is 4. The molecule has 2 aromatic rings. The molecule has 1 heterocycles. The van der Waals surface area contributed by atoms with Crippen molar-refractivity contribution in [1.82, 2.24) is 9.55 Å². The number of ether oxygens (including phenoxy) is 1. The van der Waals surface area contributed by atoms with Crippen LogP contribution in [0.15, 0.2) is 30.7 Å². The van der Waals surface area contributed by atoms with Crippen molar-refractivity contribution in [2.24, 2.45) is 7.05 Å². The molecule has 0 spiro atoms. The van der Waals surface area contributed by atoms with Crippen LogP contribution < -0.4 is 4.74 Å². The lowest BCUT2D eigenvalue weighted by Crippen LogP contribution is -2.02. The van der Waals surface area contributed by atoms with Crippen LogP contribution in [0.5, 0.6) is 5.75 Å². The SMILES string of the molecule is Cc1ccc(C(C)C)cc1OCc1cncn1C. The van der Waals surface area contributed by atoms with Crippen molar-refractivity contribution in [3.8, 4) is 5.75 Å². The second-order valence-corrected chi connectivity index (χ2v) is 4.96. The maximum Gasteiger partial charge on any atom is 0.130 e. The highest BCUT2D eigenvalue weighted by molar-refractivity contribution is 5.37. The van der Waals surface area contributed by atoms with E-state index in [9.17, 15) is 0 Å². The second-order valence-electron chi connectivity index (χ2n) is 4.96. The van der Waals surface area contributed by atoms with Crippen molar-refractivity contribution in [3.05, 3.63) is 47.5 Å². The largest absolute Gasteiger partial charge is 0.487 e. The molecule has 0 amide bonds. The van der Waals surface area contributed by atoms with E-state index in [2.05, 4.69) is 44.0 Å². The molecule has 1 aromatic heterocycles. The molecule has 96 valence electrons. The lowest BCUT2D eigenvalue weighted by molar-refractivity contribution is 0.294. The Hall–Kier alpha value is -1.77. The molecule has 0 unspecified atom stereocenters. The van der Waals surface area contributed by atoms with Gasteiger partial charge in [0.2, 0.25) is 0 Å². The first kappa shape index (κ1) is 12.7. The van der Waals surface area contributed by atoms with E-state index in [1.807, 2.05) is 17.8 Å². The minimum absolute atomic E-state index is 0.518. The van der Waals surface area contributed by atoms with Crippen molar-refractivity contribution in [1.29, 1.82) is 0 Å². The Morgan fingerprint density at radius 2 is 2.11 bits per heavy atom. The second kappa shape index (κ2) is 5.25. The highest BCUT2D eigenvalue weighted by Crippen LogP contribution is 2.24. The van der Waals surface area contributed by atoms with E-state index in [0.29, 0.717) is 12.5 Å². The average Bonchev–Trinajstić information content (AvgIpc) is 2.73. The summed E-state index contributed by atoms with van der Waals surface area (Å²) in [5.74, 6) is 1.48. The first-order valence-corrected chi connectivity index (χ1v) is 6.26. The summed E-state index contributed by atoms with van der Waals surface area (Å²) in [5.41, 5.74) is 3.55. The van der Waals surface area contributed by atoms with Gasteiger partial charge in [0, 0.05) is 7.05 Å². The van der Waals surface area contributed by atoms with Crippen LogP contribution in [0.2, 0.25) is 0 Å². The molecular formula is C15H20N2O. The van der Waals surface area contributed by atoms with E-state index in [4.69, 9.17) is 4.74 Å². The van der Waals surface area contributed by atoms with Crippen LogP contribution in [-0.2, 0) is 13.7 Å². The topological polar surface area (TPSA) is 27.1 Å². The third-order valence-corrected chi connectivity index (χ3v) is 3.17. The van der Waals surface area contributed by atoms with Gasteiger partial charge in [-0.2, -0.15) is 0 Å². The number of aryl methyl sites for hydroxylation is 2. The minimum atomic E-state index is 0.518. The number of hydrogen-bond acceptors (Lipinski definition) is 2. The van der Waals surface area contributed by atoms with E-state index in [1.165, 1.54) is 11.1 Å². The fourth-order valence-electron chi connectivity index (χ4n) is 1.81. The van der Waals surface area contributed by atoms with E-state index in [0.717, 1.165) is 11.4 Å². The molecule has 0 aliphatic rings. The van der Waals surface area contributed by atoms with Crippen LogP contribution in [-0.4, -0.2) is 9.55 Å². The summed E-state index contributed by atoms with van der Waals surface area (Å²) >= 11 is 0. The highest BCUT2D eigenvalue weighted by Gasteiger charge is 2.06. The summed E-state index contributed by atoms with van der Waals surface area (Å²) in [4.78, 5) is 4.09. The maximum atomic E-state index is 5.89. The van der Waals surface area contributed by atoms with E-state index >= 15 is 0 Å². The van der Waals surface area contributed by atoms with Gasteiger partial charge in [-0.15, -0.1) is 0 Å². The molecule has 0 aliphatic carbocycles. The van der Waals surface area contributed by atoms with Gasteiger partial charge in [0.15, 0.2) is 0 Å². The predicted molar refractivity (Wildman–Crippen MR) is 72.8 cm³/mol. The Morgan fingerprint density at radius 1 is 1.33 bits per heavy atom. The zero-order valence-electron chi connectivity index (χ0n) is 11.5. The summed E-state index contributed by atoms with van der Waals surface area (Å²) in [6, 6.07) is 6.42. The molecule has 2 rings (SSSR count). The predicted octanol–water partition coefficient (Wildman–Crippen LogP) is 3.43. The number of benzene rings is 1. The molecule has 1 aromatic carbocycles. The van der Waals surface area contributed by atoms with Gasteiger partial charge >= 0.3 is 0 Å². The van der Waals surface area contributed by atoms with Gasteiger partial charge in [0.1, 0.15) is 12.4 Å². The maximum absolute atomic E-state index is 5.89. The number of nitrogens with zero attached hydrogens (tertiary/aromatic N) is 2. The smallest absolute Gasteiger partial charge is 0.130 e. The van der Waals surface area contributed by atoms with Crippen LogP contribution in [0, 0.1) is 6.92 Å². The van der Waals surface area contributed by atoms with Gasteiger partial charge in [-0.1, -0.05) is 26.0 Å². The molecular weight excluding hydrogens is 224 g/mol. The van der Waals surface area contributed by atoms with Crippen molar-refractivity contribution < 1.29 is 4.74 Å². The molecule has 0 radical (unpaired) electrons. The molecule has 3 nitrogen and oxygen atoms in total. The Kier molecular flexibility index (Phi) is 3.70. The normalized spacial score (nSPS) is 10.9. The molecule has 0 N–H and O–H groups in total. The first-order valence-electron chi connectivity index (χ1n) is 6.26. The minimum Gasteiger partial charge on any atom is -0.487 e. The monoisotopic (exact) mass is 244 g/mol. The van der Waals surface area contributed by atoms with Gasteiger partial charge in [-0.25, -0.2) is 4.98 Å². The zero-order valence-corrected chi connectivity index (χ0v) is 11.5. The number of imidazole rings is 1. The number of aromatic nitrogens is 2. The molecule has 0 saturated heterocycles. The zero-order chi connectivity index (χ0) is 13.1. The van der Waals surface area contributed by atoms with Gasteiger partial charge < -0.3 is 9.30 Å². The lowest BCUT2D eigenvalue weighted by Gasteiger charge is -2.13. The molecule has 0 fully saturated rings. The highest BCUT2D eigenvalue weighted by atomic mass is 16.5. The van der Waals surface area contributed by atoms with E-state index in [-0.39, 0.29) is 0 Å². The summed E-state index contributed by atoms with van der Waals surface area (Å²) in [5, 5.41) is 0. The Bertz CT molecular complexity index is 529. The Balaban J connectivity index is 2.13. The summed E-state index contributed by atoms with van der Waals surface area (Å²) < 4.78 is 7.87. The van der Waals surface area contributed by atoms with Crippen LogP contribution in [0.4, 0.5) is 0 Å². The molecule has 0 aliphatic heterocycles. The summed E-state index contributed by atoms with van der Waals surface area (Å²) in [7, 11) is 1.98. The Morgan fingerprint density at radius 3 is 2.72 bits per heavy atom. The quantitative estimate of drug-likeness (QED) is 0.824. The first-order chi connectivity index (χ1) is 8.58. The van der Waals surface area contributed by atoms with Crippen molar-refractivity contribution >= 4 is 0 Å². The van der Waals surface area contributed by atoms with Gasteiger partial charge in [0.25, 0.3) is 0 Å². The average molecular weight is 244 g/mol. The molecule has 3 heteroatoms. The molecule has 0 bridgehead atoms. The van der Waals surface area contributed by atoms with Crippen LogP contribution in [0.25, 0.3) is 0 Å². The van der Waals surface area contributed by atoms with Crippen molar-refractivity contribution in [3.63, 3.8) is 0 Å². The van der Waals surface area contributed by atoms with E-state index < -0.39 is 0 Å². The third-order valence-electron chi connectivity index (χ3n) is 3.17. The molecule has 0 saturated carbocycles. The van der Waals surface area contributed by atoms with Crippen LogP contribution >= 0.6 is 0 Å². The van der Waals surface area contributed by atoms with Crippen molar-refractivity contribution in [2.45, 2.75) is 33.3 Å². The van der Waals surface area contributed by atoms with E-state index in [1.54, 1.807) is 6.33 Å². The van der Waals surface area contributed by atoms with Gasteiger partial charge in [0.05, 0.1) is 18.2 Å². The van der Waals surface area contributed by atoms with Crippen molar-refractivity contribution in [2.75, 3.05) is 0 Å². The standard InChI is InChI=1S/C15H20N2O/c1-11(2)13-6-5-12(3)15(7-13)18-9-14-8-16-10-17(14)4/h5-8,10-11H,9H2,1-4H3. The third kappa shape index (κ3) is 2.73.